The van der Waals surface area contributed by atoms with Gasteiger partial charge in [-0.3, -0.25) is 9.59 Å². The van der Waals surface area contributed by atoms with E-state index in [1.807, 2.05) is 29.3 Å². The summed E-state index contributed by atoms with van der Waals surface area (Å²) < 4.78 is 0. The Morgan fingerprint density at radius 1 is 1.32 bits per heavy atom. The average molecular weight is 316 g/mol. The second-order valence-electron chi connectivity index (χ2n) is 5.93. The van der Waals surface area contributed by atoms with Gasteiger partial charge >= 0.3 is 0 Å². The van der Waals surface area contributed by atoms with Crippen molar-refractivity contribution in [1.82, 2.24) is 9.88 Å². The van der Waals surface area contributed by atoms with Crippen LogP contribution in [-0.4, -0.2) is 28.9 Å². The largest absolute Gasteiger partial charge is 0.338 e. The van der Waals surface area contributed by atoms with Gasteiger partial charge in [-0.2, -0.15) is 0 Å². The van der Waals surface area contributed by atoms with E-state index in [1.165, 1.54) is 16.9 Å². The number of rotatable bonds is 3. The summed E-state index contributed by atoms with van der Waals surface area (Å²) >= 11 is 1.53. The molecule has 2 aromatic heterocycles. The molecular weight excluding hydrogens is 296 g/mol. The van der Waals surface area contributed by atoms with Crippen LogP contribution in [0.25, 0.3) is 0 Å². The smallest absolute Gasteiger partial charge is 0.264 e. The van der Waals surface area contributed by atoms with Crippen molar-refractivity contribution >= 4 is 17.2 Å². The highest BCUT2D eigenvalue weighted by atomic mass is 32.1. The molecule has 2 aromatic rings. The number of carbonyl (C=O) groups excluding carboxylic acids is 1. The molecule has 0 aliphatic carbocycles. The number of piperidine rings is 1. The highest BCUT2D eigenvalue weighted by Crippen LogP contribution is 2.24. The number of carbonyl (C=O) groups is 1. The Morgan fingerprint density at radius 2 is 2.09 bits per heavy atom. The molecule has 0 aromatic carbocycles. The summed E-state index contributed by atoms with van der Waals surface area (Å²) in [5, 5.41) is 1.98. The van der Waals surface area contributed by atoms with Crippen LogP contribution in [0.4, 0.5) is 0 Å². The van der Waals surface area contributed by atoms with Crippen molar-refractivity contribution in [2.24, 2.45) is 5.92 Å². The Morgan fingerprint density at radius 3 is 2.68 bits per heavy atom. The number of nitrogens with one attached hydrogen (secondary N) is 1. The first-order chi connectivity index (χ1) is 10.6. The summed E-state index contributed by atoms with van der Waals surface area (Å²) in [6.45, 7) is 3.64. The molecule has 3 heterocycles. The molecule has 1 aliphatic heterocycles. The molecule has 0 saturated carbocycles. The van der Waals surface area contributed by atoms with Gasteiger partial charge in [-0.05, 0) is 54.7 Å². The molecule has 116 valence electrons. The van der Waals surface area contributed by atoms with Gasteiger partial charge in [0.15, 0.2) is 0 Å². The number of nitrogens with zero attached hydrogens (tertiary/aromatic N) is 1. The van der Waals surface area contributed by atoms with Gasteiger partial charge in [-0.25, -0.2) is 0 Å². The van der Waals surface area contributed by atoms with E-state index in [0.29, 0.717) is 5.92 Å². The summed E-state index contributed by atoms with van der Waals surface area (Å²) in [5.74, 6) is 0.759. The maximum absolute atomic E-state index is 12.5. The number of amides is 1. The van der Waals surface area contributed by atoms with Crippen LogP contribution in [0, 0.1) is 12.8 Å². The van der Waals surface area contributed by atoms with Gasteiger partial charge in [0.1, 0.15) is 0 Å². The summed E-state index contributed by atoms with van der Waals surface area (Å²) in [6.07, 6.45) is 4.82. The molecule has 1 amide bonds. The summed E-state index contributed by atoms with van der Waals surface area (Å²) in [4.78, 5) is 29.1. The molecule has 5 heteroatoms. The zero-order valence-corrected chi connectivity index (χ0v) is 13.5. The first-order valence-corrected chi connectivity index (χ1v) is 8.52. The molecule has 0 bridgehead atoms. The lowest BCUT2D eigenvalue weighted by molar-refractivity contribution is 0.0695. The Kier molecular flexibility index (Phi) is 4.43. The van der Waals surface area contributed by atoms with Gasteiger partial charge < -0.3 is 9.88 Å². The van der Waals surface area contributed by atoms with E-state index < -0.39 is 0 Å². The van der Waals surface area contributed by atoms with Crippen LogP contribution in [0.15, 0.2) is 34.6 Å². The SMILES string of the molecule is Cc1ccsc1C(=O)N1CCC(Cc2ccc(=O)[nH]c2)CC1. The van der Waals surface area contributed by atoms with Crippen molar-refractivity contribution in [3.05, 3.63) is 56.1 Å². The van der Waals surface area contributed by atoms with Gasteiger partial charge in [0.2, 0.25) is 5.56 Å². The van der Waals surface area contributed by atoms with Crippen molar-refractivity contribution in [2.75, 3.05) is 13.1 Å². The minimum Gasteiger partial charge on any atom is -0.338 e. The van der Waals surface area contributed by atoms with E-state index in [1.54, 1.807) is 12.3 Å². The Bertz CT molecular complexity index is 691. The zero-order chi connectivity index (χ0) is 15.5. The van der Waals surface area contributed by atoms with E-state index >= 15 is 0 Å². The third-order valence-corrected chi connectivity index (χ3v) is 5.34. The number of pyridine rings is 1. The number of thiophene rings is 1. The van der Waals surface area contributed by atoms with Crippen molar-refractivity contribution < 1.29 is 4.79 Å². The number of aromatic nitrogens is 1. The topological polar surface area (TPSA) is 53.2 Å². The number of hydrogen-bond donors (Lipinski definition) is 1. The fourth-order valence-corrected chi connectivity index (χ4v) is 3.87. The van der Waals surface area contributed by atoms with Gasteiger partial charge in [-0.15, -0.1) is 11.3 Å². The number of aryl methyl sites for hydroxylation is 1. The number of H-pyrrole nitrogens is 1. The molecule has 0 unspecified atom stereocenters. The fourth-order valence-electron chi connectivity index (χ4n) is 2.98. The maximum atomic E-state index is 12.5. The summed E-state index contributed by atoms with van der Waals surface area (Å²) in [6, 6.07) is 5.47. The highest BCUT2D eigenvalue weighted by Gasteiger charge is 2.25. The third-order valence-electron chi connectivity index (χ3n) is 4.33. The first-order valence-electron chi connectivity index (χ1n) is 7.64. The number of hydrogen-bond acceptors (Lipinski definition) is 3. The van der Waals surface area contributed by atoms with E-state index in [0.717, 1.165) is 42.8 Å². The average Bonchev–Trinajstić information content (AvgIpc) is 2.96. The zero-order valence-electron chi connectivity index (χ0n) is 12.7. The Balaban J connectivity index is 1.56. The highest BCUT2D eigenvalue weighted by molar-refractivity contribution is 7.12. The lowest BCUT2D eigenvalue weighted by atomic mass is 9.90. The minimum absolute atomic E-state index is 0.0597. The van der Waals surface area contributed by atoms with Crippen molar-refractivity contribution in [3.8, 4) is 0 Å². The molecule has 1 fully saturated rings. The van der Waals surface area contributed by atoms with Crippen molar-refractivity contribution in [3.63, 3.8) is 0 Å². The van der Waals surface area contributed by atoms with Gasteiger partial charge in [-0.1, -0.05) is 6.07 Å². The van der Waals surface area contributed by atoms with Gasteiger partial charge in [0.25, 0.3) is 5.91 Å². The molecule has 0 atom stereocenters. The van der Waals surface area contributed by atoms with E-state index in [9.17, 15) is 9.59 Å². The van der Waals surface area contributed by atoms with Crippen LogP contribution in [-0.2, 0) is 6.42 Å². The van der Waals surface area contributed by atoms with Crippen molar-refractivity contribution in [2.45, 2.75) is 26.2 Å². The van der Waals surface area contributed by atoms with Gasteiger partial charge in [0, 0.05) is 25.4 Å². The molecule has 1 saturated heterocycles. The lowest BCUT2D eigenvalue weighted by Gasteiger charge is -2.32. The van der Waals surface area contributed by atoms with E-state index in [2.05, 4.69) is 4.98 Å². The van der Waals surface area contributed by atoms with Crippen LogP contribution in [0.3, 0.4) is 0 Å². The molecule has 0 radical (unpaired) electrons. The quantitative estimate of drug-likeness (QED) is 0.946. The molecule has 1 aliphatic rings. The molecule has 3 rings (SSSR count). The number of aromatic amines is 1. The second kappa shape index (κ2) is 6.48. The molecule has 0 spiro atoms. The lowest BCUT2D eigenvalue weighted by Crippen LogP contribution is -2.38. The van der Waals surface area contributed by atoms with Gasteiger partial charge in [0.05, 0.1) is 4.88 Å². The third kappa shape index (κ3) is 3.30. The molecule has 1 N–H and O–H groups in total. The predicted molar refractivity (Wildman–Crippen MR) is 88.5 cm³/mol. The molecular formula is C17H20N2O2S. The van der Waals surface area contributed by atoms with Crippen LogP contribution < -0.4 is 5.56 Å². The number of likely N-dealkylation sites (tertiary alicyclic amines) is 1. The van der Waals surface area contributed by atoms with Crippen LogP contribution in [0.5, 0.6) is 0 Å². The van der Waals surface area contributed by atoms with E-state index in [-0.39, 0.29) is 11.5 Å². The van der Waals surface area contributed by atoms with Crippen LogP contribution in [0.1, 0.15) is 33.6 Å². The van der Waals surface area contributed by atoms with Crippen LogP contribution >= 0.6 is 11.3 Å². The second-order valence-corrected chi connectivity index (χ2v) is 6.85. The Hall–Kier alpha value is -1.88. The molecule has 4 nitrogen and oxygen atoms in total. The van der Waals surface area contributed by atoms with Crippen molar-refractivity contribution in [1.29, 1.82) is 0 Å². The fraction of sp³-hybridized carbons (Fsp3) is 0.412. The standard InChI is InChI=1S/C17H20N2O2S/c1-12-6-9-22-16(12)17(21)19-7-4-13(5-8-19)10-14-2-3-15(20)18-11-14/h2-3,6,9,11,13H,4-5,7-8,10H2,1H3,(H,18,20). The molecule has 22 heavy (non-hydrogen) atoms. The monoisotopic (exact) mass is 316 g/mol. The summed E-state index contributed by atoms with van der Waals surface area (Å²) in [7, 11) is 0. The normalized spacial score (nSPS) is 16.0. The Labute approximate surface area is 133 Å². The predicted octanol–water partition coefficient (Wildman–Crippen LogP) is 2.84. The maximum Gasteiger partial charge on any atom is 0.264 e. The summed E-state index contributed by atoms with van der Waals surface area (Å²) in [5.41, 5.74) is 2.18. The van der Waals surface area contributed by atoms with E-state index in [4.69, 9.17) is 0 Å². The minimum atomic E-state index is -0.0597. The first kappa shape index (κ1) is 15.0. The van der Waals surface area contributed by atoms with Crippen LogP contribution in [0.2, 0.25) is 0 Å².